The number of carbonyl (C=O) groups is 1. The Balaban J connectivity index is 2.18. The van der Waals surface area contributed by atoms with E-state index in [0.29, 0.717) is 11.5 Å². The molecule has 2 atom stereocenters. The zero-order chi connectivity index (χ0) is 23.2. The van der Waals surface area contributed by atoms with Gasteiger partial charge in [0.2, 0.25) is 0 Å². The molecule has 2 rings (SSSR count). The van der Waals surface area contributed by atoms with Gasteiger partial charge in [-0.2, -0.15) is 5.06 Å². The normalized spacial score (nSPS) is 13.8. The van der Waals surface area contributed by atoms with Crippen LogP contribution in [-0.4, -0.2) is 16.6 Å². The Kier molecular flexibility index (Phi) is 8.60. The standard InChI is InChI=1S/C27H37NO3/c1-19(2)25(24-12-10-9-11-13-24)28(27(6,7)8)31-21(5)23-16-14-22(15-17-23)18-30-26(29)20(3)4/h9-17,19,21,25H,3,18H2,1-2,4-8H3. The summed E-state index contributed by atoms with van der Waals surface area (Å²) >= 11 is 0. The summed E-state index contributed by atoms with van der Waals surface area (Å²) in [5.41, 5.74) is 3.46. The Labute approximate surface area is 187 Å². The molecular weight excluding hydrogens is 386 g/mol. The Morgan fingerprint density at radius 2 is 1.55 bits per heavy atom. The number of benzene rings is 2. The van der Waals surface area contributed by atoms with E-state index in [4.69, 9.17) is 9.57 Å². The fraction of sp³-hybridized carbons (Fsp3) is 0.444. The van der Waals surface area contributed by atoms with Gasteiger partial charge in [-0.15, -0.1) is 0 Å². The molecule has 0 N–H and O–H groups in total. The van der Waals surface area contributed by atoms with Crippen molar-refractivity contribution in [3.63, 3.8) is 0 Å². The van der Waals surface area contributed by atoms with E-state index < -0.39 is 0 Å². The van der Waals surface area contributed by atoms with Gasteiger partial charge in [0.25, 0.3) is 0 Å². The van der Waals surface area contributed by atoms with Gasteiger partial charge in [-0.05, 0) is 57.2 Å². The third-order valence-corrected chi connectivity index (χ3v) is 5.13. The van der Waals surface area contributed by atoms with Gasteiger partial charge in [-0.25, -0.2) is 4.79 Å². The summed E-state index contributed by atoms with van der Waals surface area (Å²) in [4.78, 5) is 18.2. The molecular formula is C27H37NO3. The maximum absolute atomic E-state index is 11.6. The van der Waals surface area contributed by atoms with Crippen LogP contribution in [0.2, 0.25) is 0 Å². The van der Waals surface area contributed by atoms with E-state index in [1.54, 1.807) is 6.92 Å². The molecule has 0 fully saturated rings. The molecule has 4 heteroatoms. The quantitative estimate of drug-likeness (QED) is 0.253. The maximum atomic E-state index is 11.6. The second-order valence-corrected chi connectivity index (χ2v) is 9.44. The van der Waals surface area contributed by atoms with Gasteiger partial charge in [0.15, 0.2) is 0 Å². The lowest BCUT2D eigenvalue weighted by Gasteiger charge is -2.44. The highest BCUT2D eigenvalue weighted by molar-refractivity contribution is 5.86. The summed E-state index contributed by atoms with van der Waals surface area (Å²) in [7, 11) is 0. The first-order valence-corrected chi connectivity index (χ1v) is 10.9. The molecule has 0 radical (unpaired) electrons. The van der Waals surface area contributed by atoms with Crippen LogP contribution in [0.3, 0.4) is 0 Å². The molecule has 0 aliphatic carbocycles. The van der Waals surface area contributed by atoms with Crippen LogP contribution in [0.1, 0.15) is 77.3 Å². The van der Waals surface area contributed by atoms with Crippen molar-refractivity contribution in [3.8, 4) is 0 Å². The number of nitrogens with zero attached hydrogens (tertiary/aromatic N) is 1. The second kappa shape index (κ2) is 10.7. The first kappa shape index (κ1) is 24.8. The first-order valence-electron chi connectivity index (χ1n) is 10.9. The fourth-order valence-electron chi connectivity index (χ4n) is 3.47. The zero-order valence-corrected chi connectivity index (χ0v) is 20.0. The summed E-state index contributed by atoms with van der Waals surface area (Å²) in [5, 5.41) is 2.14. The monoisotopic (exact) mass is 423 g/mol. The van der Waals surface area contributed by atoms with Crippen molar-refractivity contribution in [2.75, 3.05) is 0 Å². The molecule has 4 nitrogen and oxygen atoms in total. The number of rotatable bonds is 9. The number of hydrogen-bond donors (Lipinski definition) is 0. The number of esters is 1. The molecule has 2 unspecified atom stereocenters. The molecule has 0 aromatic heterocycles. The number of carbonyl (C=O) groups excluding carboxylic acids is 1. The minimum absolute atomic E-state index is 0.129. The molecule has 0 saturated heterocycles. The van der Waals surface area contributed by atoms with Crippen molar-refractivity contribution in [1.29, 1.82) is 0 Å². The lowest BCUT2D eigenvalue weighted by atomic mass is 9.92. The summed E-state index contributed by atoms with van der Waals surface area (Å²) in [6.45, 7) is 18.5. The van der Waals surface area contributed by atoms with Crippen LogP contribution in [0.25, 0.3) is 0 Å². The van der Waals surface area contributed by atoms with Gasteiger partial charge in [0, 0.05) is 11.1 Å². The second-order valence-electron chi connectivity index (χ2n) is 9.44. The third kappa shape index (κ3) is 7.05. The van der Waals surface area contributed by atoms with Crippen LogP contribution in [0, 0.1) is 5.92 Å². The van der Waals surface area contributed by atoms with E-state index in [2.05, 4.69) is 77.5 Å². The average molecular weight is 424 g/mol. The number of ether oxygens (including phenoxy) is 1. The smallest absolute Gasteiger partial charge is 0.333 e. The predicted octanol–water partition coefficient (Wildman–Crippen LogP) is 6.80. The van der Waals surface area contributed by atoms with Gasteiger partial charge < -0.3 is 4.74 Å². The minimum Gasteiger partial charge on any atom is -0.457 e. The van der Waals surface area contributed by atoms with E-state index in [-0.39, 0.29) is 30.3 Å². The molecule has 2 aromatic rings. The maximum Gasteiger partial charge on any atom is 0.333 e. The summed E-state index contributed by atoms with van der Waals surface area (Å²) in [5.74, 6) is 0.00133. The van der Waals surface area contributed by atoms with Crippen LogP contribution in [0.5, 0.6) is 0 Å². The Bertz CT molecular complexity index is 850. The average Bonchev–Trinajstić information content (AvgIpc) is 2.71. The molecule has 31 heavy (non-hydrogen) atoms. The molecule has 0 bridgehead atoms. The highest BCUT2D eigenvalue weighted by atomic mass is 16.7. The van der Waals surface area contributed by atoms with Gasteiger partial charge in [-0.3, -0.25) is 4.84 Å². The molecule has 168 valence electrons. The molecule has 0 spiro atoms. The molecule has 2 aromatic carbocycles. The Morgan fingerprint density at radius 3 is 2.03 bits per heavy atom. The van der Waals surface area contributed by atoms with Crippen LogP contribution in [-0.2, 0) is 21.0 Å². The molecule has 0 saturated carbocycles. The van der Waals surface area contributed by atoms with E-state index >= 15 is 0 Å². The molecule has 0 amide bonds. The van der Waals surface area contributed by atoms with E-state index in [0.717, 1.165) is 11.1 Å². The van der Waals surface area contributed by atoms with Crippen molar-refractivity contribution in [1.82, 2.24) is 5.06 Å². The van der Waals surface area contributed by atoms with Crippen molar-refractivity contribution in [3.05, 3.63) is 83.4 Å². The van der Waals surface area contributed by atoms with Crippen LogP contribution >= 0.6 is 0 Å². The van der Waals surface area contributed by atoms with Crippen molar-refractivity contribution < 1.29 is 14.4 Å². The third-order valence-electron chi connectivity index (χ3n) is 5.13. The number of hydrogen-bond acceptors (Lipinski definition) is 4. The number of hydroxylamine groups is 2. The highest BCUT2D eigenvalue weighted by Crippen LogP contribution is 2.37. The van der Waals surface area contributed by atoms with Crippen LogP contribution in [0.15, 0.2) is 66.7 Å². The Morgan fingerprint density at radius 1 is 0.968 bits per heavy atom. The van der Waals surface area contributed by atoms with Crippen molar-refractivity contribution in [2.24, 2.45) is 5.92 Å². The van der Waals surface area contributed by atoms with Gasteiger partial charge in [-0.1, -0.05) is 75.0 Å². The van der Waals surface area contributed by atoms with Gasteiger partial charge >= 0.3 is 5.97 Å². The summed E-state index contributed by atoms with van der Waals surface area (Å²) < 4.78 is 5.23. The van der Waals surface area contributed by atoms with Crippen LogP contribution in [0.4, 0.5) is 0 Å². The van der Waals surface area contributed by atoms with E-state index in [1.807, 2.05) is 30.3 Å². The van der Waals surface area contributed by atoms with E-state index in [9.17, 15) is 4.79 Å². The Hall–Kier alpha value is -2.43. The molecule has 0 heterocycles. The van der Waals surface area contributed by atoms with Crippen LogP contribution < -0.4 is 0 Å². The molecule has 0 aliphatic heterocycles. The highest BCUT2D eigenvalue weighted by Gasteiger charge is 2.34. The lowest BCUT2D eigenvalue weighted by Crippen LogP contribution is -2.46. The first-order chi connectivity index (χ1) is 14.5. The summed E-state index contributed by atoms with van der Waals surface area (Å²) in [6.07, 6.45) is -0.129. The van der Waals surface area contributed by atoms with Gasteiger partial charge in [0.05, 0.1) is 6.04 Å². The summed E-state index contributed by atoms with van der Waals surface area (Å²) in [6, 6.07) is 18.7. The van der Waals surface area contributed by atoms with E-state index in [1.165, 1.54) is 5.56 Å². The topological polar surface area (TPSA) is 38.8 Å². The SMILES string of the molecule is C=C(C)C(=O)OCc1ccc(C(C)ON(C(c2ccccc2)C(C)C)C(C)(C)C)cc1. The van der Waals surface area contributed by atoms with Crippen molar-refractivity contribution >= 4 is 5.97 Å². The molecule has 0 aliphatic rings. The zero-order valence-electron chi connectivity index (χ0n) is 20.0. The largest absolute Gasteiger partial charge is 0.457 e. The van der Waals surface area contributed by atoms with Gasteiger partial charge in [0.1, 0.15) is 12.7 Å². The predicted molar refractivity (Wildman–Crippen MR) is 126 cm³/mol. The lowest BCUT2D eigenvalue weighted by molar-refractivity contribution is -0.272. The fourth-order valence-corrected chi connectivity index (χ4v) is 3.47. The van der Waals surface area contributed by atoms with Crippen molar-refractivity contribution in [2.45, 2.75) is 72.8 Å². The minimum atomic E-state index is -0.373.